The summed E-state index contributed by atoms with van der Waals surface area (Å²) in [6.45, 7) is 1.41. The Hall–Kier alpha value is -0.480. The van der Waals surface area contributed by atoms with Gasteiger partial charge in [0.25, 0.3) is 5.56 Å². The standard InChI is InChI=1S/C9H14IN3O3S/c1-17(15,16)5-3-11-2-4-13-7-12-6-8(10)9(13)14/h6-7,11H,2-5H2,1H3. The molecule has 0 aliphatic carbocycles. The van der Waals surface area contributed by atoms with E-state index in [2.05, 4.69) is 10.3 Å². The van der Waals surface area contributed by atoms with Gasteiger partial charge in [0.2, 0.25) is 0 Å². The first-order valence-electron chi connectivity index (χ1n) is 4.98. The zero-order valence-electron chi connectivity index (χ0n) is 9.39. The summed E-state index contributed by atoms with van der Waals surface area (Å²) in [4.78, 5) is 15.5. The molecule has 96 valence electrons. The summed E-state index contributed by atoms with van der Waals surface area (Å²) in [6.07, 6.45) is 4.18. The smallest absolute Gasteiger partial charge is 0.266 e. The molecular formula is C9H14IN3O3S. The van der Waals surface area contributed by atoms with Crippen molar-refractivity contribution in [1.82, 2.24) is 14.9 Å². The van der Waals surface area contributed by atoms with Crippen LogP contribution in [-0.4, -0.2) is 43.1 Å². The third-order valence-corrected chi connectivity index (χ3v) is 3.72. The lowest BCUT2D eigenvalue weighted by Crippen LogP contribution is -2.30. The van der Waals surface area contributed by atoms with E-state index in [0.29, 0.717) is 23.2 Å². The predicted octanol–water partition coefficient (Wildman–Crippen LogP) is -0.518. The maximum Gasteiger partial charge on any atom is 0.266 e. The highest BCUT2D eigenvalue weighted by Gasteiger charge is 2.02. The van der Waals surface area contributed by atoms with Crippen LogP contribution in [0.1, 0.15) is 0 Å². The second kappa shape index (κ2) is 6.45. The van der Waals surface area contributed by atoms with Gasteiger partial charge in [-0.05, 0) is 22.6 Å². The molecule has 0 amide bonds. The second-order valence-electron chi connectivity index (χ2n) is 3.62. The molecule has 0 atom stereocenters. The van der Waals surface area contributed by atoms with Gasteiger partial charge in [0.15, 0.2) is 0 Å². The van der Waals surface area contributed by atoms with E-state index in [-0.39, 0.29) is 11.3 Å². The van der Waals surface area contributed by atoms with E-state index in [4.69, 9.17) is 0 Å². The molecule has 1 heterocycles. The molecule has 0 spiro atoms. The SMILES string of the molecule is CS(=O)(=O)CCNCCn1cncc(I)c1=O. The lowest BCUT2D eigenvalue weighted by atomic mass is 10.5. The van der Waals surface area contributed by atoms with Crippen molar-refractivity contribution in [3.05, 3.63) is 26.4 Å². The van der Waals surface area contributed by atoms with Gasteiger partial charge in [-0.3, -0.25) is 9.36 Å². The van der Waals surface area contributed by atoms with Crippen LogP contribution in [0.3, 0.4) is 0 Å². The largest absolute Gasteiger partial charge is 0.314 e. The second-order valence-corrected chi connectivity index (χ2v) is 7.04. The van der Waals surface area contributed by atoms with E-state index in [1.807, 2.05) is 22.6 Å². The van der Waals surface area contributed by atoms with Gasteiger partial charge in [0.05, 0.1) is 15.7 Å². The van der Waals surface area contributed by atoms with Gasteiger partial charge in [-0.2, -0.15) is 0 Å². The van der Waals surface area contributed by atoms with Crippen molar-refractivity contribution < 1.29 is 8.42 Å². The summed E-state index contributed by atoms with van der Waals surface area (Å²) >= 11 is 1.93. The summed E-state index contributed by atoms with van der Waals surface area (Å²) in [5, 5.41) is 2.97. The summed E-state index contributed by atoms with van der Waals surface area (Å²) in [7, 11) is -2.93. The van der Waals surface area contributed by atoms with E-state index < -0.39 is 9.84 Å². The van der Waals surface area contributed by atoms with Gasteiger partial charge in [0, 0.05) is 32.1 Å². The maximum absolute atomic E-state index is 11.6. The molecule has 6 nitrogen and oxygen atoms in total. The van der Waals surface area contributed by atoms with Crippen molar-refractivity contribution in [3.8, 4) is 0 Å². The number of nitrogens with one attached hydrogen (secondary N) is 1. The van der Waals surface area contributed by atoms with Crippen LogP contribution >= 0.6 is 22.6 Å². The zero-order valence-corrected chi connectivity index (χ0v) is 12.4. The van der Waals surface area contributed by atoms with Crippen molar-refractivity contribution in [2.75, 3.05) is 25.1 Å². The number of aromatic nitrogens is 2. The first-order valence-corrected chi connectivity index (χ1v) is 8.12. The molecule has 1 aromatic rings. The Labute approximate surface area is 114 Å². The third kappa shape index (κ3) is 5.59. The molecule has 0 unspecified atom stereocenters. The topological polar surface area (TPSA) is 81.1 Å². The van der Waals surface area contributed by atoms with Crippen molar-refractivity contribution >= 4 is 32.4 Å². The third-order valence-electron chi connectivity index (χ3n) is 2.04. The van der Waals surface area contributed by atoms with Crippen LogP contribution in [0.5, 0.6) is 0 Å². The normalized spacial score (nSPS) is 11.6. The number of sulfone groups is 1. The molecule has 0 saturated heterocycles. The fraction of sp³-hybridized carbons (Fsp3) is 0.556. The molecule has 0 aliphatic rings. The zero-order chi connectivity index (χ0) is 12.9. The molecule has 1 N–H and O–H groups in total. The summed E-state index contributed by atoms with van der Waals surface area (Å²) in [5.74, 6) is 0.104. The van der Waals surface area contributed by atoms with Crippen molar-refractivity contribution in [2.24, 2.45) is 0 Å². The lowest BCUT2D eigenvalue weighted by Gasteiger charge is -2.06. The minimum atomic E-state index is -2.93. The molecule has 0 aliphatic heterocycles. The molecule has 0 bridgehead atoms. The number of halogens is 1. The number of hydrogen-bond donors (Lipinski definition) is 1. The van der Waals surface area contributed by atoms with E-state index in [9.17, 15) is 13.2 Å². The van der Waals surface area contributed by atoms with Crippen molar-refractivity contribution in [1.29, 1.82) is 0 Å². The molecular weight excluding hydrogens is 357 g/mol. The first kappa shape index (κ1) is 14.6. The van der Waals surface area contributed by atoms with Gasteiger partial charge in [-0.15, -0.1) is 0 Å². The van der Waals surface area contributed by atoms with E-state index in [0.717, 1.165) is 0 Å². The Balaban J connectivity index is 2.37. The minimum Gasteiger partial charge on any atom is -0.314 e. The van der Waals surface area contributed by atoms with Crippen LogP contribution in [0.15, 0.2) is 17.3 Å². The highest BCUT2D eigenvalue weighted by atomic mass is 127. The van der Waals surface area contributed by atoms with Crippen LogP contribution in [0, 0.1) is 3.57 Å². The number of nitrogens with zero attached hydrogens (tertiary/aromatic N) is 2. The molecule has 0 fully saturated rings. The van der Waals surface area contributed by atoms with Gasteiger partial charge in [-0.25, -0.2) is 13.4 Å². The van der Waals surface area contributed by atoms with Gasteiger partial charge in [0.1, 0.15) is 9.84 Å². The van der Waals surface area contributed by atoms with Crippen LogP contribution in [0.2, 0.25) is 0 Å². The fourth-order valence-corrected chi connectivity index (χ4v) is 2.15. The van der Waals surface area contributed by atoms with Gasteiger partial charge < -0.3 is 5.32 Å². The summed E-state index contributed by atoms with van der Waals surface area (Å²) in [6, 6.07) is 0. The van der Waals surface area contributed by atoms with E-state index in [1.165, 1.54) is 23.3 Å². The van der Waals surface area contributed by atoms with E-state index >= 15 is 0 Å². The number of hydrogen-bond acceptors (Lipinski definition) is 5. The maximum atomic E-state index is 11.6. The average Bonchev–Trinajstić information content (AvgIpc) is 2.22. The molecule has 1 rings (SSSR count). The van der Waals surface area contributed by atoms with E-state index in [1.54, 1.807) is 0 Å². The van der Waals surface area contributed by atoms with Crippen LogP contribution in [0.25, 0.3) is 0 Å². The molecule has 8 heteroatoms. The fourth-order valence-electron chi connectivity index (χ4n) is 1.17. The van der Waals surface area contributed by atoms with Gasteiger partial charge in [-0.1, -0.05) is 0 Å². The van der Waals surface area contributed by atoms with Crippen molar-refractivity contribution in [3.63, 3.8) is 0 Å². The van der Waals surface area contributed by atoms with Crippen LogP contribution in [-0.2, 0) is 16.4 Å². The van der Waals surface area contributed by atoms with Crippen LogP contribution in [0.4, 0.5) is 0 Å². The molecule has 0 aromatic carbocycles. The first-order chi connectivity index (χ1) is 7.90. The quantitative estimate of drug-likeness (QED) is 0.538. The van der Waals surface area contributed by atoms with Crippen LogP contribution < -0.4 is 10.9 Å². The lowest BCUT2D eigenvalue weighted by molar-refractivity contribution is 0.576. The van der Waals surface area contributed by atoms with Gasteiger partial charge >= 0.3 is 0 Å². The highest BCUT2D eigenvalue weighted by Crippen LogP contribution is 1.92. The molecule has 0 saturated carbocycles. The highest BCUT2D eigenvalue weighted by molar-refractivity contribution is 14.1. The Morgan fingerprint density at radius 2 is 2.18 bits per heavy atom. The monoisotopic (exact) mass is 371 g/mol. The average molecular weight is 371 g/mol. The van der Waals surface area contributed by atoms with Crippen molar-refractivity contribution in [2.45, 2.75) is 6.54 Å². The Bertz CT molecular complexity index is 527. The molecule has 0 radical (unpaired) electrons. The predicted molar refractivity (Wildman–Crippen MR) is 73.8 cm³/mol. The molecule has 17 heavy (non-hydrogen) atoms. The number of rotatable bonds is 6. The Morgan fingerprint density at radius 3 is 2.82 bits per heavy atom. The molecule has 1 aromatic heterocycles. The Kier molecular flexibility index (Phi) is 5.53. The summed E-state index contributed by atoms with van der Waals surface area (Å²) < 4.78 is 23.8. The summed E-state index contributed by atoms with van der Waals surface area (Å²) in [5.41, 5.74) is -0.0782. The minimum absolute atomic E-state index is 0.0782. The Morgan fingerprint density at radius 1 is 1.47 bits per heavy atom.